The van der Waals surface area contributed by atoms with Crippen molar-refractivity contribution in [2.24, 2.45) is 0 Å². The minimum atomic E-state index is -4.33. The highest BCUT2D eigenvalue weighted by molar-refractivity contribution is 5.47. The molecule has 112 valence electrons. The van der Waals surface area contributed by atoms with Gasteiger partial charge in [-0.2, -0.15) is 13.2 Å². The SMILES string of the molecule is COc1ccc(CNc2ccc(C(F)(F)F)cc2)cc1O. The van der Waals surface area contributed by atoms with E-state index in [-0.39, 0.29) is 5.75 Å². The van der Waals surface area contributed by atoms with Crippen molar-refractivity contribution in [3.05, 3.63) is 53.6 Å². The summed E-state index contributed by atoms with van der Waals surface area (Å²) in [5, 5.41) is 12.6. The van der Waals surface area contributed by atoms with Crippen LogP contribution in [0, 0.1) is 0 Å². The topological polar surface area (TPSA) is 41.5 Å². The summed E-state index contributed by atoms with van der Waals surface area (Å²) in [6, 6.07) is 9.70. The second-order valence-corrected chi connectivity index (χ2v) is 4.43. The number of halogens is 3. The van der Waals surface area contributed by atoms with Crippen LogP contribution >= 0.6 is 0 Å². The van der Waals surface area contributed by atoms with Crippen LogP contribution in [0.15, 0.2) is 42.5 Å². The van der Waals surface area contributed by atoms with E-state index in [0.29, 0.717) is 18.0 Å². The molecule has 0 atom stereocenters. The summed E-state index contributed by atoms with van der Waals surface area (Å²) >= 11 is 0. The number of nitrogens with one attached hydrogen (secondary N) is 1. The van der Waals surface area contributed by atoms with E-state index < -0.39 is 11.7 Å². The summed E-state index contributed by atoms with van der Waals surface area (Å²) in [5.41, 5.74) is 0.668. The maximum Gasteiger partial charge on any atom is 0.416 e. The minimum absolute atomic E-state index is 0.0178. The molecule has 21 heavy (non-hydrogen) atoms. The van der Waals surface area contributed by atoms with Crippen LogP contribution in [0.3, 0.4) is 0 Å². The lowest BCUT2D eigenvalue weighted by Crippen LogP contribution is -2.05. The van der Waals surface area contributed by atoms with Gasteiger partial charge in [-0.1, -0.05) is 6.07 Å². The van der Waals surface area contributed by atoms with E-state index in [1.54, 1.807) is 12.1 Å². The van der Waals surface area contributed by atoms with Crippen LogP contribution in [0.5, 0.6) is 11.5 Å². The van der Waals surface area contributed by atoms with Gasteiger partial charge in [0, 0.05) is 12.2 Å². The van der Waals surface area contributed by atoms with Gasteiger partial charge in [0.25, 0.3) is 0 Å². The van der Waals surface area contributed by atoms with Crippen LogP contribution in [-0.4, -0.2) is 12.2 Å². The molecule has 0 heterocycles. The summed E-state index contributed by atoms with van der Waals surface area (Å²) < 4.78 is 42.2. The van der Waals surface area contributed by atoms with Crippen LogP contribution in [-0.2, 0) is 12.7 Å². The molecule has 0 aliphatic carbocycles. The zero-order valence-corrected chi connectivity index (χ0v) is 11.2. The number of hydrogen-bond acceptors (Lipinski definition) is 3. The average Bonchev–Trinajstić information content (AvgIpc) is 2.45. The molecule has 3 nitrogen and oxygen atoms in total. The number of alkyl halides is 3. The monoisotopic (exact) mass is 297 g/mol. The number of benzene rings is 2. The van der Waals surface area contributed by atoms with Gasteiger partial charge in [-0.25, -0.2) is 0 Å². The predicted octanol–water partition coefficient (Wildman–Crippen LogP) is 4.03. The van der Waals surface area contributed by atoms with Gasteiger partial charge in [0.1, 0.15) is 0 Å². The number of anilines is 1. The lowest BCUT2D eigenvalue weighted by Gasteiger charge is -2.10. The highest BCUT2D eigenvalue weighted by atomic mass is 19.4. The molecule has 0 saturated heterocycles. The smallest absolute Gasteiger partial charge is 0.416 e. The van der Waals surface area contributed by atoms with Crippen molar-refractivity contribution in [3.8, 4) is 11.5 Å². The van der Waals surface area contributed by atoms with E-state index in [0.717, 1.165) is 17.7 Å². The molecule has 0 fully saturated rings. The van der Waals surface area contributed by atoms with E-state index in [4.69, 9.17) is 4.74 Å². The molecule has 0 amide bonds. The lowest BCUT2D eigenvalue weighted by molar-refractivity contribution is -0.137. The van der Waals surface area contributed by atoms with Gasteiger partial charge >= 0.3 is 6.18 Å². The number of rotatable bonds is 4. The van der Waals surface area contributed by atoms with Crippen molar-refractivity contribution < 1.29 is 23.0 Å². The van der Waals surface area contributed by atoms with Crippen molar-refractivity contribution in [3.63, 3.8) is 0 Å². The zero-order chi connectivity index (χ0) is 15.5. The first kappa shape index (κ1) is 15.0. The number of aromatic hydroxyl groups is 1. The second-order valence-electron chi connectivity index (χ2n) is 4.43. The minimum Gasteiger partial charge on any atom is -0.504 e. The fourth-order valence-electron chi connectivity index (χ4n) is 1.83. The molecule has 0 aliphatic heterocycles. The Hall–Kier alpha value is -2.37. The Kier molecular flexibility index (Phi) is 4.26. The third-order valence-electron chi connectivity index (χ3n) is 2.95. The van der Waals surface area contributed by atoms with Crippen LogP contribution in [0.4, 0.5) is 18.9 Å². The Balaban J connectivity index is 2.01. The maximum atomic E-state index is 12.4. The summed E-state index contributed by atoms with van der Waals surface area (Å²) in [7, 11) is 1.45. The van der Waals surface area contributed by atoms with E-state index in [9.17, 15) is 18.3 Å². The van der Waals surface area contributed by atoms with E-state index in [2.05, 4.69) is 5.32 Å². The molecular formula is C15H14F3NO2. The molecule has 0 saturated carbocycles. The summed E-state index contributed by atoms with van der Waals surface area (Å²) in [5.74, 6) is 0.387. The van der Waals surface area contributed by atoms with Crippen LogP contribution < -0.4 is 10.1 Å². The van der Waals surface area contributed by atoms with Gasteiger partial charge in [0.15, 0.2) is 11.5 Å². The Bertz CT molecular complexity index is 609. The molecule has 6 heteroatoms. The predicted molar refractivity (Wildman–Crippen MR) is 73.4 cm³/mol. The average molecular weight is 297 g/mol. The fourth-order valence-corrected chi connectivity index (χ4v) is 1.83. The van der Waals surface area contributed by atoms with Gasteiger partial charge < -0.3 is 15.2 Å². The van der Waals surface area contributed by atoms with Crippen LogP contribution in [0.25, 0.3) is 0 Å². The number of ether oxygens (including phenoxy) is 1. The molecule has 2 N–H and O–H groups in total. The number of methoxy groups -OCH3 is 1. The first-order valence-electron chi connectivity index (χ1n) is 6.17. The lowest BCUT2D eigenvalue weighted by atomic mass is 10.1. The van der Waals surface area contributed by atoms with Gasteiger partial charge in [-0.15, -0.1) is 0 Å². The van der Waals surface area contributed by atoms with Crippen molar-refractivity contribution >= 4 is 5.69 Å². The Morgan fingerprint density at radius 1 is 1.10 bits per heavy atom. The summed E-state index contributed by atoms with van der Waals surface area (Å²) in [4.78, 5) is 0. The molecular weight excluding hydrogens is 283 g/mol. The fraction of sp³-hybridized carbons (Fsp3) is 0.200. The number of phenolic OH excluding ortho intramolecular Hbond substituents is 1. The molecule has 2 aromatic carbocycles. The van der Waals surface area contributed by atoms with E-state index in [1.165, 1.54) is 25.3 Å². The van der Waals surface area contributed by atoms with Crippen molar-refractivity contribution in [1.29, 1.82) is 0 Å². The largest absolute Gasteiger partial charge is 0.504 e. The van der Waals surface area contributed by atoms with Crippen molar-refractivity contribution in [1.82, 2.24) is 0 Å². The molecule has 0 radical (unpaired) electrons. The van der Waals surface area contributed by atoms with Gasteiger partial charge in [0.05, 0.1) is 12.7 Å². The molecule has 2 rings (SSSR count). The molecule has 0 spiro atoms. The molecule has 0 bridgehead atoms. The molecule has 0 aliphatic rings. The number of phenols is 1. The first-order chi connectivity index (χ1) is 9.90. The van der Waals surface area contributed by atoms with Gasteiger partial charge in [-0.3, -0.25) is 0 Å². The third kappa shape index (κ3) is 3.81. The van der Waals surface area contributed by atoms with Crippen molar-refractivity contribution in [2.45, 2.75) is 12.7 Å². The Morgan fingerprint density at radius 3 is 2.29 bits per heavy atom. The summed E-state index contributed by atoms with van der Waals surface area (Å²) in [6.07, 6.45) is -4.33. The zero-order valence-electron chi connectivity index (χ0n) is 11.2. The van der Waals surface area contributed by atoms with E-state index >= 15 is 0 Å². The normalized spacial score (nSPS) is 11.2. The van der Waals surface area contributed by atoms with Crippen LogP contribution in [0.2, 0.25) is 0 Å². The maximum absolute atomic E-state index is 12.4. The number of hydrogen-bond donors (Lipinski definition) is 2. The summed E-state index contributed by atoms with van der Waals surface area (Å²) in [6.45, 7) is 0.378. The quantitative estimate of drug-likeness (QED) is 0.895. The molecule has 0 aromatic heterocycles. The molecule has 0 unspecified atom stereocenters. The van der Waals surface area contributed by atoms with Crippen molar-refractivity contribution in [2.75, 3.05) is 12.4 Å². The van der Waals surface area contributed by atoms with Gasteiger partial charge in [0.2, 0.25) is 0 Å². The first-order valence-corrected chi connectivity index (χ1v) is 6.17. The molecule has 2 aromatic rings. The van der Waals surface area contributed by atoms with E-state index in [1.807, 2.05) is 0 Å². The third-order valence-corrected chi connectivity index (χ3v) is 2.95. The van der Waals surface area contributed by atoms with Gasteiger partial charge in [-0.05, 0) is 42.0 Å². The Labute approximate surface area is 120 Å². The standard InChI is InChI=1S/C15H14F3NO2/c1-21-14-7-2-10(8-13(14)20)9-19-12-5-3-11(4-6-12)15(16,17)18/h2-8,19-20H,9H2,1H3. The van der Waals surface area contributed by atoms with Crippen LogP contribution in [0.1, 0.15) is 11.1 Å². The highest BCUT2D eigenvalue weighted by Crippen LogP contribution is 2.30. The highest BCUT2D eigenvalue weighted by Gasteiger charge is 2.29. The second kappa shape index (κ2) is 5.95. The Morgan fingerprint density at radius 2 is 1.76 bits per heavy atom.